The van der Waals surface area contributed by atoms with Crippen molar-refractivity contribution in [3.05, 3.63) is 70.6 Å². The summed E-state index contributed by atoms with van der Waals surface area (Å²) in [6.07, 6.45) is -3.09. The van der Waals surface area contributed by atoms with E-state index in [1.54, 1.807) is 5.38 Å². The molecule has 3 nitrogen and oxygen atoms in total. The topological polar surface area (TPSA) is 37.3 Å². The van der Waals surface area contributed by atoms with Crippen molar-refractivity contribution in [1.29, 1.82) is 0 Å². The monoisotopic (exact) mass is 383 g/mol. The molecule has 0 aliphatic carbocycles. The van der Waals surface area contributed by atoms with Crippen LogP contribution in [-0.4, -0.2) is 11.2 Å². The van der Waals surface area contributed by atoms with E-state index in [1.807, 2.05) is 0 Å². The molecule has 0 spiro atoms. The zero-order valence-electron chi connectivity index (χ0n) is 12.9. The van der Waals surface area contributed by atoms with Crippen molar-refractivity contribution in [2.45, 2.75) is 6.18 Å². The molecule has 0 aliphatic rings. The summed E-state index contributed by atoms with van der Waals surface area (Å²) in [5, 5.41) is 5.94. The Morgan fingerprint density at radius 1 is 1.00 bits per heavy atom. The van der Waals surface area contributed by atoms with Gasteiger partial charge in [-0.25, -0.2) is 13.8 Å². The third-order valence-electron chi connectivity index (χ3n) is 3.33. The van der Waals surface area contributed by atoms with Gasteiger partial charge < -0.3 is 0 Å². The first kappa shape index (κ1) is 18.0. The van der Waals surface area contributed by atoms with E-state index in [9.17, 15) is 22.0 Å². The van der Waals surface area contributed by atoms with Gasteiger partial charge in [0.05, 0.1) is 17.5 Å². The molecule has 1 aromatic heterocycles. The number of alkyl halides is 3. The molecular weight excluding hydrogens is 373 g/mol. The van der Waals surface area contributed by atoms with Gasteiger partial charge in [0.25, 0.3) is 0 Å². The molecule has 26 heavy (non-hydrogen) atoms. The van der Waals surface area contributed by atoms with Crippen LogP contribution >= 0.6 is 11.3 Å². The smallest absolute Gasteiger partial charge is 0.253 e. The summed E-state index contributed by atoms with van der Waals surface area (Å²) in [6, 6.07) is 8.00. The van der Waals surface area contributed by atoms with Crippen LogP contribution in [-0.2, 0) is 6.18 Å². The number of benzene rings is 2. The first-order chi connectivity index (χ1) is 12.3. The number of nitrogens with one attached hydrogen (secondary N) is 1. The predicted molar refractivity (Wildman–Crippen MR) is 90.1 cm³/mol. The molecule has 0 saturated heterocycles. The zero-order chi connectivity index (χ0) is 18.7. The van der Waals surface area contributed by atoms with Crippen molar-refractivity contribution in [1.82, 2.24) is 4.98 Å². The number of hydrazone groups is 1. The lowest BCUT2D eigenvalue weighted by molar-refractivity contribution is -0.137. The summed E-state index contributed by atoms with van der Waals surface area (Å²) < 4.78 is 63.6. The van der Waals surface area contributed by atoms with E-state index in [-0.39, 0.29) is 0 Å². The highest BCUT2D eigenvalue weighted by atomic mass is 32.1. The van der Waals surface area contributed by atoms with Gasteiger partial charge in [-0.05, 0) is 29.8 Å². The molecule has 0 saturated carbocycles. The minimum atomic E-state index is -4.39. The summed E-state index contributed by atoms with van der Waals surface area (Å²) >= 11 is 1.20. The summed E-state index contributed by atoms with van der Waals surface area (Å²) in [7, 11) is 0. The van der Waals surface area contributed by atoms with Crippen LogP contribution in [0.3, 0.4) is 0 Å². The first-order valence-corrected chi connectivity index (χ1v) is 8.08. The molecule has 2 aromatic carbocycles. The Labute approximate surface area is 148 Å². The second-order valence-electron chi connectivity index (χ2n) is 5.16. The average molecular weight is 383 g/mol. The second kappa shape index (κ2) is 7.20. The van der Waals surface area contributed by atoms with Gasteiger partial charge in [-0.1, -0.05) is 18.2 Å². The SMILES string of the molecule is Fc1ccc(/C=N/Nc2nc(-c3ccc(C(F)(F)F)cc3)cs2)cc1F. The first-order valence-electron chi connectivity index (χ1n) is 7.20. The fourth-order valence-corrected chi connectivity index (χ4v) is 2.71. The summed E-state index contributed by atoms with van der Waals surface area (Å²) in [6.45, 7) is 0. The Kier molecular flexibility index (Phi) is 4.99. The second-order valence-corrected chi connectivity index (χ2v) is 6.01. The predicted octanol–water partition coefficient (Wildman–Crippen LogP) is 5.55. The summed E-state index contributed by atoms with van der Waals surface area (Å²) in [5.74, 6) is -1.93. The highest BCUT2D eigenvalue weighted by molar-refractivity contribution is 7.14. The van der Waals surface area contributed by atoms with Gasteiger partial charge in [0.15, 0.2) is 11.6 Å². The van der Waals surface area contributed by atoms with Crippen molar-refractivity contribution >= 4 is 22.7 Å². The fraction of sp³-hybridized carbons (Fsp3) is 0.0588. The Bertz CT molecular complexity index is 932. The molecule has 0 amide bonds. The summed E-state index contributed by atoms with van der Waals surface area (Å²) in [5.41, 5.74) is 3.29. The number of rotatable bonds is 4. The number of halogens is 5. The maximum atomic E-state index is 13.1. The molecule has 0 bridgehead atoms. The molecule has 0 atom stereocenters. The Balaban J connectivity index is 1.68. The normalized spacial score (nSPS) is 11.9. The largest absolute Gasteiger partial charge is 0.416 e. The molecule has 3 aromatic rings. The van der Waals surface area contributed by atoms with E-state index < -0.39 is 23.4 Å². The number of thiazole rings is 1. The molecule has 3 rings (SSSR count). The van der Waals surface area contributed by atoms with Crippen molar-refractivity contribution in [2.75, 3.05) is 5.43 Å². The van der Waals surface area contributed by atoms with Crippen LogP contribution in [0.5, 0.6) is 0 Å². The van der Waals surface area contributed by atoms with Crippen molar-refractivity contribution in [2.24, 2.45) is 5.10 Å². The number of anilines is 1. The Morgan fingerprint density at radius 3 is 2.38 bits per heavy atom. The minimum Gasteiger partial charge on any atom is -0.253 e. The van der Waals surface area contributed by atoms with Crippen molar-refractivity contribution in [3.8, 4) is 11.3 Å². The number of nitrogens with zero attached hydrogens (tertiary/aromatic N) is 2. The third-order valence-corrected chi connectivity index (χ3v) is 4.08. The van der Waals surface area contributed by atoms with Crippen LogP contribution in [0.25, 0.3) is 11.3 Å². The highest BCUT2D eigenvalue weighted by Gasteiger charge is 2.30. The van der Waals surface area contributed by atoms with Gasteiger partial charge in [-0.3, -0.25) is 5.43 Å². The highest BCUT2D eigenvalue weighted by Crippen LogP contribution is 2.31. The lowest BCUT2D eigenvalue weighted by Crippen LogP contribution is -2.03. The van der Waals surface area contributed by atoms with Crippen molar-refractivity contribution in [3.63, 3.8) is 0 Å². The van der Waals surface area contributed by atoms with E-state index in [1.165, 1.54) is 35.8 Å². The van der Waals surface area contributed by atoms with Gasteiger partial charge in [-0.15, -0.1) is 11.3 Å². The molecule has 1 N–H and O–H groups in total. The van der Waals surface area contributed by atoms with Gasteiger partial charge in [0, 0.05) is 10.9 Å². The minimum absolute atomic E-state index is 0.357. The van der Waals surface area contributed by atoms with E-state index in [0.29, 0.717) is 22.0 Å². The average Bonchev–Trinajstić information content (AvgIpc) is 3.06. The van der Waals surface area contributed by atoms with Crippen molar-refractivity contribution < 1.29 is 22.0 Å². The van der Waals surface area contributed by atoms with Gasteiger partial charge >= 0.3 is 6.18 Å². The van der Waals surface area contributed by atoms with E-state index in [0.717, 1.165) is 24.3 Å². The molecule has 1 heterocycles. The fourth-order valence-electron chi connectivity index (χ4n) is 2.04. The van der Waals surface area contributed by atoms with Crippen LogP contribution in [0.2, 0.25) is 0 Å². The van der Waals surface area contributed by atoms with Crippen LogP contribution in [0.15, 0.2) is 52.9 Å². The van der Waals surface area contributed by atoms with E-state index in [4.69, 9.17) is 0 Å². The van der Waals surface area contributed by atoms with Gasteiger partial charge in [0.1, 0.15) is 0 Å². The standard InChI is InChI=1S/C17H10F5N3S/c18-13-6-1-10(7-14(13)19)8-23-25-16-24-15(9-26-16)11-2-4-12(5-3-11)17(20,21)22/h1-9H,(H,24,25)/b23-8+. The quantitative estimate of drug-likeness (QED) is 0.364. The van der Waals surface area contributed by atoms with Gasteiger partial charge in [0.2, 0.25) is 5.13 Å². The number of hydrogen-bond acceptors (Lipinski definition) is 4. The molecular formula is C17H10F5N3S. The lowest BCUT2D eigenvalue weighted by Gasteiger charge is -2.06. The molecule has 0 unspecified atom stereocenters. The van der Waals surface area contributed by atoms with Crippen LogP contribution in [0.1, 0.15) is 11.1 Å². The summed E-state index contributed by atoms with van der Waals surface area (Å²) in [4.78, 5) is 4.21. The molecule has 0 fully saturated rings. The molecule has 0 aliphatic heterocycles. The maximum absolute atomic E-state index is 13.1. The molecule has 0 radical (unpaired) electrons. The third kappa shape index (κ3) is 4.23. The van der Waals surface area contributed by atoms with Crippen LogP contribution < -0.4 is 5.43 Å². The Hall–Kier alpha value is -2.81. The van der Waals surface area contributed by atoms with Gasteiger partial charge in [-0.2, -0.15) is 18.3 Å². The molecule has 134 valence electrons. The Morgan fingerprint density at radius 2 is 1.73 bits per heavy atom. The number of aromatic nitrogens is 1. The molecule has 9 heteroatoms. The van der Waals surface area contributed by atoms with E-state index in [2.05, 4.69) is 15.5 Å². The van der Waals surface area contributed by atoms with Crippen LogP contribution in [0.4, 0.5) is 27.1 Å². The van der Waals surface area contributed by atoms with Crippen LogP contribution in [0, 0.1) is 11.6 Å². The van der Waals surface area contributed by atoms with E-state index >= 15 is 0 Å². The lowest BCUT2D eigenvalue weighted by atomic mass is 10.1. The number of hydrogen-bond donors (Lipinski definition) is 1. The zero-order valence-corrected chi connectivity index (χ0v) is 13.7. The maximum Gasteiger partial charge on any atom is 0.416 e.